The summed E-state index contributed by atoms with van der Waals surface area (Å²) >= 11 is 0. The second-order valence-corrected chi connectivity index (χ2v) is 14.9. The molecule has 1 N–H and O–H groups in total. The molecule has 2 heterocycles. The largest absolute Gasteiger partial charge is 0.512 e. The van der Waals surface area contributed by atoms with Crippen molar-refractivity contribution < 1.29 is 30.0 Å². The number of aryl methyl sites for hydroxylation is 2. The summed E-state index contributed by atoms with van der Waals surface area (Å²) in [5, 5.41) is 12.6. The number of aliphatic hydroxyl groups is 1. The number of hydrogen-bond donors (Lipinski definition) is 1. The van der Waals surface area contributed by atoms with E-state index in [1.807, 2.05) is 41.5 Å². The molecule has 265 valence electrons. The van der Waals surface area contributed by atoms with Crippen molar-refractivity contribution >= 4 is 16.6 Å². The van der Waals surface area contributed by atoms with E-state index in [0.717, 1.165) is 61.6 Å². The van der Waals surface area contributed by atoms with Gasteiger partial charge in [-0.2, -0.15) is 0 Å². The van der Waals surface area contributed by atoms with Crippen molar-refractivity contribution in [3.8, 4) is 22.4 Å². The number of carbonyl (C=O) groups excluding carboxylic acids is 1. The Morgan fingerprint density at radius 1 is 0.898 bits per heavy atom. The summed E-state index contributed by atoms with van der Waals surface area (Å²) < 4.78 is 0. The van der Waals surface area contributed by atoms with Crippen LogP contribution in [0.25, 0.3) is 33.2 Å². The topological polar surface area (TPSA) is 63.1 Å². The molecule has 1 radical (unpaired) electrons. The van der Waals surface area contributed by atoms with Crippen LogP contribution in [0, 0.1) is 22.8 Å². The van der Waals surface area contributed by atoms with Crippen LogP contribution in [0.5, 0.6) is 0 Å². The van der Waals surface area contributed by atoms with Gasteiger partial charge in [-0.15, -0.1) is 29.1 Å². The van der Waals surface area contributed by atoms with Gasteiger partial charge < -0.3 is 5.11 Å². The minimum absolute atomic E-state index is 0. The predicted molar refractivity (Wildman–Crippen MR) is 202 cm³/mol. The second kappa shape index (κ2) is 17.2. The zero-order valence-electron chi connectivity index (χ0n) is 31.5. The van der Waals surface area contributed by atoms with E-state index < -0.39 is 0 Å². The molecule has 2 aromatic heterocycles. The van der Waals surface area contributed by atoms with Crippen LogP contribution in [-0.2, 0) is 44.2 Å². The molecule has 49 heavy (non-hydrogen) atoms. The Morgan fingerprint density at radius 3 is 2.16 bits per heavy atom. The number of aromatic nitrogens is 2. The van der Waals surface area contributed by atoms with Crippen molar-refractivity contribution in [2.24, 2.45) is 16.7 Å². The van der Waals surface area contributed by atoms with Crippen molar-refractivity contribution in [3.63, 3.8) is 0 Å². The number of nitrogens with zero attached hydrogens (tertiary/aromatic N) is 2. The van der Waals surface area contributed by atoms with Gasteiger partial charge in [0.05, 0.1) is 0 Å². The van der Waals surface area contributed by atoms with Crippen molar-refractivity contribution in [1.29, 1.82) is 0 Å². The zero-order chi connectivity index (χ0) is 35.2. The molecule has 5 heteroatoms. The Morgan fingerprint density at radius 2 is 1.55 bits per heavy atom. The van der Waals surface area contributed by atoms with E-state index in [1.54, 1.807) is 0 Å². The van der Waals surface area contributed by atoms with E-state index in [0.29, 0.717) is 11.8 Å². The van der Waals surface area contributed by atoms with Gasteiger partial charge in [0.25, 0.3) is 0 Å². The van der Waals surface area contributed by atoms with Gasteiger partial charge in [0.15, 0.2) is 5.78 Å². The van der Waals surface area contributed by atoms with Crippen LogP contribution >= 0.6 is 0 Å². The Balaban J connectivity index is 0.000000312. The van der Waals surface area contributed by atoms with E-state index in [2.05, 4.69) is 88.5 Å². The quantitative estimate of drug-likeness (QED) is 0.0928. The van der Waals surface area contributed by atoms with Crippen molar-refractivity contribution in [2.45, 2.75) is 120 Å². The average molecular weight is 838 g/mol. The third kappa shape index (κ3) is 9.16. The first kappa shape index (κ1) is 40.3. The molecule has 0 saturated heterocycles. The fourth-order valence-electron chi connectivity index (χ4n) is 6.41. The number of benzene rings is 2. The first-order chi connectivity index (χ1) is 22.8. The summed E-state index contributed by atoms with van der Waals surface area (Å²) in [4.78, 5) is 22.0. The third-order valence-corrected chi connectivity index (χ3v) is 10.9. The zero-order valence-corrected chi connectivity index (χ0v) is 33.9. The number of fused-ring (bicyclic) bond motifs is 4. The maximum Gasteiger partial charge on any atom is 0.164 e. The van der Waals surface area contributed by atoms with Crippen LogP contribution in [0.15, 0.2) is 66.6 Å². The molecule has 0 fully saturated rings. The van der Waals surface area contributed by atoms with E-state index in [-0.39, 0.29) is 42.5 Å². The fraction of sp³-hybridized carbons (Fsp3) is 0.477. The Kier molecular flexibility index (Phi) is 14.1. The van der Waals surface area contributed by atoms with Crippen molar-refractivity contribution in [2.75, 3.05) is 0 Å². The summed E-state index contributed by atoms with van der Waals surface area (Å²) in [6.07, 6.45) is 9.85. The van der Waals surface area contributed by atoms with Crippen LogP contribution in [0.3, 0.4) is 0 Å². The molecule has 1 aliphatic rings. The van der Waals surface area contributed by atoms with Gasteiger partial charge in [0.1, 0.15) is 5.76 Å². The first-order valence-electron chi connectivity index (χ1n) is 18.2. The van der Waals surface area contributed by atoms with Gasteiger partial charge in [-0.05, 0) is 74.0 Å². The molecule has 1 aliphatic carbocycles. The molecule has 0 aliphatic heterocycles. The molecular weight excluding hydrogens is 781 g/mol. The van der Waals surface area contributed by atoms with Crippen LogP contribution in [0.2, 0.25) is 0 Å². The SMILES string of the molecule is CC(C)Cc1ccc2c(n1)CCc1cnc(-c3[c-]c4ccccc4c(C(C)C)c3)cc1-2.CCC(C)(CC)C(=O)/C=C(\O)C(C)(CC)CC.[Ir]. The van der Waals surface area contributed by atoms with E-state index in [1.165, 1.54) is 45.1 Å². The van der Waals surface area contributed by atoms with Crippen LogP contribution in [0.4, 0.5) is 0 Å². The first-order valence-corrected chi connectivity index (χ1v) is 18.2. The summed E-state index contributed by atoms with van der Waals surface area (Å²) in [5.74, 6) is 1.35. The second-order valence-electron chi connectivity index (χ2n) is 14.9. The molecule has 0 saturated carbocycles. The average Bonchev–Trinajstić information content (AvgIpc) is 3.09. The van der Waals surface area contributed by atoms with Gasteiger partial charge in [0, 0.05) is 65.9 Å². The standard InChI is InChI=1S/C29H29N2.C15H28O2.Ir/c1-18(2)13-23-10-11-25-27-16-29(30-17-21(27)9-12-28(25)31-23)22-14-20-7-5-6-8-24(20)26(15-22)19(3)4;1-7-14(5,8-2)12(16)11-13(17)15(6,9-3)10-4;/h5-8,10-11,15-19H,9,12-13H2,1-4H3;11,16H,7-10H2,1-6H3;/q-1;;/b;12-11-;. The summed E-state index contributed by atoms with van der Waals surface area (Å²) in [7, 11) is 0. The molecule has 5 rings (SSSR count). The van der Waals surface area contributed by atoms with E-state index in [4.69, 9.17) is 9.97 Å². The predicted octanol–water partition coefficient (Wildman–Crippen LogP) is 11.8. The number of carbonyl (C=O) groups is 1. The van der Waals surface area contributed by atoms with Gasteiger partial charge in [-0.25, -0.2) is 0 Å². The van der Waals surface area contributed by atoms with E-state index >= 15 is 0 Å². The number of aliphatic hydroxyl groups excluding tert-OH is 1. The molecule has 0 atom stereocenters. The summed E-state index contributed by atoms with van der Waals surface area (Å²) in [5.41, 5.74) is 9.11. The fourth-order valence-corrected chi connectivity index (χ4v) is 6.41. The molecule has 0 amide bonds. The van der Waals surface area contributed by atoms with Crippen molar-refractivity contribution in [3.05, 3.63) is 95.1 Å². The number of ketones is 1. The Labute approximate surface area is 309 Å². The maximum absolute atomic E-state index is 12.2. The van der Waals surface area contributed by atoms with Crippen LogP contribution in [0.1, 0.15) is 123 Å². The Hall–Kier alpha value is -3.14. The smallest absolute Gasteiger partial charge is 0.164 e. The maximum atomic E-state index is 12.2. The van der Waals surface area contributed by atoms with Gasteiger partial charge >= 0.3 is 0 Å². The minimum Gasteiger partial charge on any atom is -0.512 e. The molecule has 2 aromatic carbocycles. The van der Waals surface area contributed by atoms with Crippen molar-refractivity contribution in [1.82, 2.24) is 9.97 Å². The molecule has 0 unspecified atom stereocenters. The van der Waals surface area contributed by atoms with E-state index in [9.17, 15) is 9.90 Å². The molecule has 0 spiro atoms. The number of hydrogen-bond acceptors (Lipinski definition) is 4. The van der Waals surface area contributed by atoms with Gasteiger partial charge in [0.2, 0.25) is 0 Å². The molecule has 4 aromatic rings. The van der Waals surface area contributed by atoms with Gasteiger partial charge in [-0.1, -0.05) is 111 Å². The summed E-state index contributed by atoms with van der Waals surface area (Å²) in [6.45, 7) is 21.1. The van der Waals surface area contributed by atoms with Crippen LogP contribution in [-0.4, -0.2) is 20.9 Å². The molecule has 0 bridgehead atoms. The number of pyridine rings is 2. The minimum atomic E-state index is -0.337. The van der Waals surface area contributed by atoms with Gasteiger partial charge in [-0.3, -0.25) is 14.8 Å². The monoisotopic (exact) mass is 838 g/mol. The third-order valence-electron chi connectivity index (χ3n) is 10.9. The Bertz CT molecular complexity index is 1760. The number of rotatable bonds is 11. The normalized spacial score (nSPS) is 13.0. The molecule has 4 nitrogen and oxygen atoms in total. The summed E-state index contributed by atoms with van der Waals surface area (Å²) in [6, 6.07) is 21.2. The molecular formula is C44H57IrN2O2-. The van der Waals surface area contributed by atoms with Crippen LogP contribution < -0.4 is 0 Å². The number of allylic oxidation sites excluding steroid dienone is 2.